The summed E-state index contributed by atoms with van der Waals surface area (Å²) in [5.41, 5.74) is 0. The van der Waals surface area contributed by atoms with E-state index in [-0.39, 0.29) is 5.75 Å². The van der Waals surface area contributed by atoms with Gasteiger partial charge in [0.15, 0.2) is 0 Å². The Morgan fingerprint density at radius 2 is 1.29 bits per heavy atom. The molecule has 0 aliphatic rings. The maximum Gasteiger partial charge on any atom is 0.426 e. The fourth-order valence-electron chi connectivity index (χ4n) is 1.42. The fraction of sp³-hybridized carbons (Fsp3) is 0. The zero-order valence-electron chi connectivity index (χ0n) is 10.5. The second-order valence-electron chi connectivity index (χ2n) is 3.82. The molecule has 9 heteroatoms. The first kappa shape index (κ1) is 15.4. The average molecular weight is 331 g/mol. The molecular formula is C12H10FNO5S2. The average Bonchev–Trinajstić information content (AvgIpc) is 2.48. The maximum atomic E-state index is 13.9. The summed E-state index contributed by atoms with van der Waals surface area (Å²) in [5, 5.41) is 0. The summed E-state index contributed by atoms with van der Waals surface area (Å²) in [6.07, 6.45) is 0. The van der Waals surface area contributed by atoms with E-state index in [0.717, 1.165) is 12.1 Å². The summed E-state index contributed by atoms with van der Waals surface area (Å²) >= 11 is 0. The van der Waals surface area contributed by atoms with Crippen LogP contribution in [0.3, 0.4) is 0 Å². The topological polar surface area (TPSA) is 80.8 Å². The molecule has 0 heterocycles. The molecule has 2 aromatic rings. The Morgan fingerprint density at radius 1 is 0.810 bits per heavy atom. The Kier molecular flexibility index (Phi) is 4.26. The highest BCUT2D eigenvalue weighted by Gasteiger charge is 2.38. The van der Waals surface area contributed by atoms with Gasteiger partial charge in [-0.05, 0) is 24.3 Å². The lowest BCUT2D eigenvalue weighted by atomic mass is 10.3. The molecule has 6 nitrogen and oxygen atoms in total. The van der Waals surface area contributed by atoms with E-state index < -0.39 is 29.2 Å². The number of rotatable bonds is 5. The van der Waals surface area contributed by atoms with Gasteiger partial charge in [0.05, 0.1) is 4.90 Å². The molecule has 0 radical (unpaired) electrons. The van der Waals surface area contributed by atoms with E-state index >= 15 is 0 Å². The van der Waals surface area contributed by atoms with Crippen LogP contribution in [0.15, 0.2) is 65.6 Å². The largest absolute Gasteiger partial charge is 0.426 e. The van der Waals surface area contributed by atoms with E-state index in [1.54, 1.807) is 6.07 Å². The van der Waals surface area contributed by atoms with Gasteiger partial charge in [0.2, 0.25) is 0 Å². The Hall–Kier alpha value is -1.97. The number of benzene rings is 2. The zero-order chi connectivity index (χ0) is 15.5. The Bertz CT molecular complexity index is 807. The SMILES string of the molecule is O=S(=O)(Oc1ccccc1)N(F)S(=O)(=O)c1ccccc1. The predicted octanol–water partition coefficient (Wildman–Crippen LogP) is 1.89. The van der Waals surface area contributed by atoms with Gasteiger partial charge < -0.3 is 4.18 Å². The third-order valence-electron chi connectivity index (χ3n) is 2.35. The molecule has 0 fully saturated rings. The highest BCUT2D eigenvalue weighted by molar-refractivity contribution is 8.01. The summed E-state index contributed by atoms with van der Waals surface area (Å²) in [6, 6.07) is 13.3. The van der Waals surface area contributed by atoms with E-state index in [9.17, 15) is 21.3 Å². The van der Waals surface area contributed by atoms with Crippen LogP contribution in [-0.2, 0) is 20.3 Å². The number of para-hydroxylation sites is 1. The van der Waals surface area contributed by atoms with Crippen LogP contribution in [0.5, 0.6) is 5.75 Å². The van der Waals surface area contributed by atoms with Crippen molar-refractivity contribution < 1.29 is 25.5 Å². The lowest BCUT2D eigenvalue weighted by molar-refractivity contribution is 0.229. The van der Waals surface area contributed by atoms with Crippen LogP contribution < -0.4 is 4.18 Å². The number of hydrogen-bond donors (Lipinski definition) is 0. The number of halogens is 1. The van der Waals surface area contributed by atoms with E-state index in [2.05, 4.69) is 4.18 Å². The van der Waals surface area contributed by atoms with Crippen molar-refractivity contribution in [3.63, 3.8) is 0 Å². The van der Waals surface area contributed by atoms with Gasteiger partial charge in [-0.3, -0.25) is 0 Å². The molecule has 0 atom stereocenters. The number of sulfonamides is 1. The molecule has 0 aliphatic carbocycles. The van der Waals surface area contributed by atoms with Crippen LogP contribution in [0, 0.1) is 0 Å². The first-order valence-corrected chi connectivity index (χ1v) is 8.40. The standard InChI is InChI=1S/C12H10FNO5S2/c13-14(20(15,16)12-9-5-2-6-10-12)21(17,18)19-11-7-3-1-4-8-11/h1-10H. The Labute approximate surface area is 121 Å². The third-order valence-corrected chi connectivity index (χ3v) is 5.49. The smallest absolute Gasteiger partial charge is 0.368 e. The van der Waals surface area contributed by atoms with E-state index in [0.29, 0.717) is 0 Å². The molecule has 0 aliphatic heterocycles. The summed E-state index contributed by atoms with van der Waals surface area (Å²) in [4.78, 5) is -0.507. The summed E-state index contributed by atoms with van der Waals surface area (Å²) in [6.45, 7) is 0. The van der Waals surface area contributed by atoms with Crippen molar-refractivity contribution in [1.82, 2.24) is 3.93 Å². The van der Waals surface area contributed by atoms with E-state index in [1.807, 2.05) is 0 Å². The predicted molar refractivity (Wildman–Crippen MR) is 72.6 cm³/mol. The molecule has 0 unspecified atom stereocenters. The van der Waals surface area contributed by atoms with Gasteiger partial charge in [0, 0.05) is 0 Å². The van der Waals surface area contributed by atoms with Gasteiger partial charge in [-0.15, -0.1) is 0 Å². The van der Waals surface area contributed by atoms with E-state index in [4.69, 9.17) is 0 Å². The van der Waals surface area contributed by atoms with Crippen molar-refractivity contribution >= 4 is 20.3 Å². The summed E-state index contributed by atoms with van der Waals surface area (Å²) in [7, 11) is -10.0. The normalized spacial score (nSPS) is 12.3. The van der Waals surface area contributed by atoms with Crippen molar-refractivity contribution in [3.8, 4) is 5.75 Å². The van der Waals surface area contributed by atoms with Crippen LogP contribution >= 0.6 is 0 Å². The van der Waals surface area contributed by atoms with Crippen molar-refractivity contribution in [1.29, 1.82) is 0 Å². The molecule has 0 amide bonds. The maximum absolute atomic E-state index is 13.9. The van der Waals surface area contributed by atoms with Crippen molar-refractivity contribution in [2.24, 2.45) is 0 Å². The minimum absolute atomic E-state index is 0.205. The summed E-state index contributed by atoms with van der Waals surface area (Å²) < 4.78 is 64.0. The highest BCUT2D eigenvalue weighted by Crippen LogP contribution is 2.22. The number of nitrogens with zero attached hydrogens (tertiary/aromatic N) is 1. The van der Waals surface area contributed by atoms with Gasteiger partial charge >= 0.3 is 10.3 Å². The third kappa shape index (κ3) is 3.38. The Balaban J connectivity index is 2.32. The highest BCUT2D eigenvalue weighted by atomic mass is 32.3. The van der Waals surface area contributed by atoms with Crippen LogP contribution in [-0.4, -0.2) is 20.8 Å². The molecule has 0 saturated heterocycles. The molecule has 2 aromatic carbocycles. The zero-order valence-corrected chi connectivity index (χ0v) is 12.1. The van der Waals surface area contributed by atoms with Crippen LogP contribution in [0.1, 0.15) is 0 Å². The molecule has 112 valence electrons. The van der Waals surface area contributed by atoms with Gasteiger partial charge in [0.1, 0.15) is 9.68 Å². The molecule has 21 heavy (non-hydrogen) atoms. The fourth-order valence-corrected chi connectivity index (χ4v) is 3.81. The van der Waals surface area contributed by atoms with Crippen LogP contribution in [0.2, 0.25) is 0 Å². The minimum Gasteiger partial charge on any atom is -0.368 e. The monoisotopic (exact) mass is 331 g/mol. The molecule has 0 N–H and O–H groups in total. The van der Waals surface area contributed by atoms with Crippen molar-refractivity contribution in [2.45, 2.75) is 4.90 Å². The van der Waals surface area contributed by atoms with Gasteiger partial charge in [-0.1, -0.05) is 40.9 Å². The lowest BCUT2D eigenvalue weighted by Crippen LogP contribution is -2.33. The minimum atomic E-state index is -5.14. The van der Waals surface area contributed by atoms with Crippen LogP contribution in [0.25, 0.3) is 0 Å². The van der Waals surface area contributed by atoms with Crippen molar-refractivity contribution in [3.05, 3.63) is 60.7 Å². The lowest BCUT2D eigenvalue weighted by Gasteiger charge is -2.13. The molecule has 0 aromatic heterocycles. The molecule has 0 saturated carbocycles. The van der Waals surface area contributed by atoms with Crippen molar-refractivity contribution in [2.75, 3.05) is 0 Å². The molecule has 0 spiro atoms. The molecule has 0 bridgehead atoms. The first-order chi connectivity index (χ1) is 9.84. The molecular weight excluding hydrogens is 321 g/mol. The van der Waals surface area contributed by atoms with E-state index in [1.165, 1.54) is 42.5 Å². The number of hydrogen-bond acceptors (Lipinski definition) is 5. The van der Waals surface area contributed by atoms with Gasteiger partial charge in [0.25, 0.3) is 10.0 Å². The quantitative estimate of drug-likeness (QED) is 0.782. The van der Waals surface area contributed by atoms with Crippen LogP contribution in [0.4, 0.5) is 4.48 Å². The first-order valence-electron chi connectivity index (χ1n) is 5.60. The molecule has 2 rings (SSSR count). The summed E-state index contributed by atoms with van der Waals surface area (Å²) in [5.74, 6) is -0.205. The second-order valence-corrected chi connectivity index (χ2v) is 7.14. The second kappa shape index (κ2) is 5.80. The Morgan fingerprint density at radius 3 is 1.81 bits per heavy atom. The van der Waals surface area contributed by atoms with Gasteiger partial charge in [-0.25, -0.2) is 8.42 Å². The van der Waals surface area contributed by atoms with Gasteiger partial charge in [-0.2, -0.15) is 8.42 Å².